The van der Waals surface area contributed by atoms with Crippen LogP contribution in [0.1, 0.15) is 11.1 Å². The molecule has 23 heavy (non-hydrogen) atoms. The molecule has 1 aromatic rings. The zero-order chi connectivity index (χ0) is 18.1. The van der Waals surface area contributed by atoms with Gasteiger partial charge in [-0.15, -0.1) is 0 Å². The summed E-state index contributed by atoms with van der Waals surface area (Å²) >= 11 is 0. The van der Waals surface area contributed by atoms with Crippen LogP contribution in [0.15, 0.2) is 35.0 Å². The Hall–Kier alpha value is -1.62. The molecule has 2 N–H and O–H groups in total. The van der Waals surface area contributed by atoms with Gasteiger partial charge in [0.15, 0.2) is 9.84 Å². The maximum absolute atomic E-state index is 13.2. The smallest absolute Gasteiger partial charge is 0.327 e. The fraction of sp³-hybridized carbons (Fsp3) is 0.333. The maximum atomic E-state index is 13.2. The highest BCUT2D eigenvalue weighted by Crippen LogP contribution is 2.37. The van der Waals surface area contributed by atoms with Crippen LogP contribution in [0.5, 0.6) is 0 Å². The van der Waals surface area contributed by atoms with Crippen molar-refractivity contribution < 1.29 is 39.2 Å². The molecule has 0 saturated carbocycles. The molecule has 0 saturated heterocycles. The minimum atomic E-state index is -5.20. The summed E-state index contributed by atoms with van der Waals surface area (Å²) in [7, 11) is -4.75. The highest BCUT2D eigenvalue weighted by Gasteiger charge is 2.38. The number of hydrogen-bond donors (Lipinski definition) is 1. The SMILES string of the molecule is NC/C=C(\F)CS(=O)(=O)c1cc(C(F)(F)F)cc(C(F)(F)F)c1. The van der Waals surface area contributed by atoms with Crippen molar-refractivity contribution >= 4 is 9.84 Å². The highest BCUT2D eigenvalue weighted by molar-refractivity contribution is 7.91. The topological polar surface area (TPSA) is 60.2 Å². The largest absolute Gasteiger partial charge is 0.416 e. The monoisotopic (exact) mass is 365 g/mol. The number of benzene rings is 1. The van der Waals surface area contributed by atoms with Crippen LogP contribution in [-0.4, -0.2) is 20.7 Å². The zero-order valence-corrected chi connectivity index (χ0v) is 12.0. The third-order valence-electron chi connectivity index (χ3n) is 2.59. The second kappa shape index (κ2) is 6.48. The first-order chi connectivity index (χ1) is 10.3. The van der Waals surface area contributed by atoms with Gasteiger partial charge in [0.25, 0.3) is 0 Å². The predicted molar refractivity (Wildman–Crippen MR) is 66.7 cm³/mol. The van der Waals surface area contributed by atoms with E-state index in [-0.39, 0.29) is 24.7 Å². The number of alkyl halides is 6. The Labute approximate surface area is 126 Å². The number of halogens is 7. The molecule has 11 heteroatoms. The fourth-order valence-electron chi connectivity index (χ4n) is 1.56. The van der Waals surface area contributed by atoms with E-state index in [4.69, 9.17) is 5.73 Å². The Balaban J connectivity index is 3.49. The predicted octanol–water partition coefficient (Wildman–Crippen LogP) is 3.31. The molecular weight excluding hydrogens is 355 g/mol. The van der Waals surface area contributed by atoms with Crippen molar-refractivity contribution in [2.75, 3.05) is 12.3 Å². The Bertz CT molecular complexity index is 673. The summed E-state index contributed by atoms with van der Waals surface area (Å²) in [5.41, 5.74) is 1.35. The number of sulfone groups is 1. The second-order valence-corrected chi connectivity index (χ2v) is 6.38. The number of hydrogen-bond acceptors (Lipinski definition) is 3. The van der Waals surface area contributed by atoms with E-state index in [1.165, 1.54) is 0 Å². The van der Waals surface area contributed by atoms with Crippen molar-refractivity contribution in [2.45, 2.75) is 17.2 Å². The molecule has 0 atom stereocenters. The molecule has 0 aliphatic heterocycles. The summed E-state index contributed by atoms with van der Waals surface area (Å²) in [6.45, 7) is -0.377. The molecule has 0 bridgehead atoms. The molecule has 1 aromatic carbocycles. The van der Waals surface area contributed by atoms with Gasteiger partial charge in [0, 0.05) is 6.54 Å². The van der Waals surface area contributed by atoms with Gasteiger partial charge in [0.05, 0.1) is 16.0 Å². The van der Waals surface area contributed by atoms with Crippen LogP contribution in [0, 0.1) is 0 Å². The minimum Gasteiger partial charge on any atom is -0.327 e. The quantitative estimate of drug-likeness (QED) is 0.833. The molecule has 0 aromatic heterocycles. The van der Waals surface area contributed by atoms with E-state index in [2.05, 4.69) is 0 Å². The molecule has 0 unspecified atom stereocenters. The van der Waals surface area contributed by atoms with Crippen molar-refractivity contribution in [1.29, 1.82) is 0 Å². The lowest BCUT2D eigenvalue weighted by Gasteiger charge is -2.14. The highest BCUT2D eigenvalue weighted by atomic mass is 32.2. The van der Waals surface area contributed by atoms with E-state index in [0.717, 1.165) is 0 Å². The van der Waals surface area contributed by atoms with E-state index in [1.54, 1.807) is 0 Å². The van der Waals surface area contributed by atoms with E-state index in [0.29, 0.717) is 6.08 Å². The third-order valence-corrected chi connectivity index (χ3v) is 4.20. The van der Waals surface area contributed by atoms with Gasteiger partial charge in [-0.1, -0.05) is 0 Å². The first-order valence-electron chi connectivity index (χ1n) is 5.84. The third kappa shape index (κ3) is 5.20. The van der Waals surface area contributed by atoms with Crippen LogP contribution >= 0.6 is 0 Å². The fourth-order valence-corrected chi connectivity index (χ4v) is 2.82. The Kier molecular flexibility index (Phi) is 5.47. The number of rotatable bonds is 4. The lowest BCUT2D eigenvalue weighted by atomic mass is 10.1. The van der Waals surface area contributed by atoms with Crippen LogP contribution in [0.2, 0.25) is 0 Å². The minimum absolute atomic E-state index is 0.0281. The van der Waals surface area contributed by atoms with Crippen molar-refractivity contribution in [1.82, 2.24) is 0 Å². The summed E-state index contributed by atoms with van der Waals surface area (Å²) in [4.78, 5) is -1.28. The molecule has 0 heterocycles. The molecule has 0 fully saturated rings. The summed E-state index contributed by atoms with van der Waals surface area (Å²) in [6, 6.07) is -0.161. The maximum Gasteiger partial charge on any atom is 0.416 e. The van der Waals surface area contributed by atoms with Crippen molar-refractivity contribution in [3.05, 3.63) is 41.2 Å². The Morgan fingerprint density at radius 2 is 1.43 bits per heavy atom. The van der Waals surface area contributed by atoms with Crippen molar-refractivity contribution in [3.8, 4) is 0 Å². The van der Waals surface area contributed by atoms with Crippen LogP contribution < -0.4 is 5.73 Å². The van der Waals surface area contributed by atoms with Gasteiger partial charge in [-0.05, 0) is 24.3 Å². The van der Waals surface area contributed by atoms with Gasteiger partial charge in [-0.2, -0.15) is 26.3 Å². The Morgan fingerprint density at radius 1 is 1.00 bits per heavy atom. The molecule has 1 rings (SSSR count). The van der Waals surface area contributed by atoms with Crippen molar-refractivity contribution in [2.24, 2.45) is 5.73 Å². The molecule has 0 spiro atoms. The van der Waals surface area contributed by atoms with E-state index >= 15 is 0 Å². The zero-order valence-electron chi connectivity index (χ0n) is 11.2. The Morgan fingerprint density at radius 3 is 1.78 bits per heavy atom. The van der Waals surface area contributed by atoms with E-state index < -0.39 is 49.8 Å². The van der Waals surface area contributed by atoms with Gasteiger partial charge < -0.3 is 5.73 Å². The first-order valence-corrected chi connectivity index (χ1v) is 7.49. The van der Waals surface area contributed by atoms with Gasteiger partial charge in [0.2, 0.25) is 0 Å². The molecule has 0 aliphatic carbocycles. The van der Waals surface area contributed by atoms with Crippen LogP contribution in [0.3, 0.4) is 0 Å². The van der Waals surface area contributed by atoms with Gasteiger partial charge in [-0.25, -0.2) is 12.8 Å². The average Bonchev–Trinajstić information content (AvgIpc) is 2.35. The second-order valence-electron chi connectivity index (χ2n) is 4.39. The molecule has 3 nitrogen and oxygen atoms in total. The molecule has 0 aliphatic rings. The normalized spacial score (nSPS) is 14.2. The summed E-state index contributed by atoms with van der Waals surface area (Å²) in [5, 5.41) is 0. The molecule has 130 valence electrons. The van der Waals surface area contributed by atoms with Gasteiger partial charge >= 0.3 is 12.4 Å². The summed E-state index contributed by atoms with van der Waals surface area (Å²) in [5.74, 6) is -2.67. The summed E-state index contributed by atoms with van der Waals surface area (Å²) in [6.07, 6.45) is -9.75. The average molecular weight is 365 g/mol. The molecular formula is C12H10F7NO2S. The lowest BCUT2D eigenvalue weighted by molar-refractivity contribution is -0.143. The standard InChI is InChI=1S/C12H10F7NO2S/c13-9(1-2-20)6-23(21,22)10-4-7(11(14,15)16)3-8(5-10)12(17,18)19/h1,3-5H,2,6,20H2/b9-1-. The first kappa shape index (κ1) is 19.4. The molecule has 0 radical (unpaired) electrons. The van der Waals surface area contributed by atoms with Crippen LogP contribution in [0.4, 0.5) is 30.7 Å². The van der Waals surface area contributed by atoms with Crippen LogP contribution in [0.25, 0.3) is 0 Å². The molecule has 0 amide bonds. The van der Waals surface area contributed by atoms with Gasteiger partial charge in [0.1, 0.15) is 11.6 Å². The van der Waals surface area contributed by atoms with Gasteiger partial charge in [-0.3, -0.25) is 0 Å². The van der Waals surface area contributed by atoms with E-state index in [9.17, 15) is 39.2 Å². The summed E-state index contributed by atoms with van der Waals surface area (Å²) < 4.78 is 113. The lowest BCUT2D eigenvalue weighted by Crippen LogP contribution is -2.15. The van der Waals surface area contributed by atoms with Crippen molar-refractivity contribution in [3.63, 3.8) is 0 Å². The van der Waals surface area contributed by atoms with E-state index in [1.807, 2.05) is 0 Å². The number of nitrogens with two attached hydrogens (primary N) is 1. The van der Waals surface area contributed by atoms with Crippen LogP contribution in [-0.2, 0) is 22.2 Å².